The van der Waals surface area contributed by atoms with Crippen LogP contribution in [0.3, 0.4) is 0 Å². The molecule has 1 N–H and O–H groups in total. The minimum Gasteiger partial charge on any atom is -0.497 e. The average molecular weight is 241 g/mol. The summed E-state index contributed by atoms with van der Waals surface area (Å²) in [7, 11) is 1.68. The molecule has 0 saturated carbocycles. The van der Waals surface area contributed by atoms with Gasteiger partial charge in [0.1, 0.15) is 5.75 Å². The molecular weight excluding hydrogens is 222 g/mol. The Bertz CT molecular complexity index is 505. The summed E-state index contributed by atoms with van der Waals surface area (Å²) < 4.78 is 5.15. The third kappa shape index (κ3) is 2.83. The van der Waals surface area contributed by atoms with Crippen LogP contribution in [-0.4, -0.2) is 7.11 Å². The van der Waals surface area contributed by atoms with Crippen LogP contribution in [0.1, 0.15) is 24.1 Å². The highest BCUT2D eigenvalue weighted by molar-refractivity contribution is 5.48. The van der Waals surface area contributed by atoms with Crippen molar-refractivity contribution in [2.24, 2.45) is 0 Å². The van der Waals surface area contributed by atoms with Gasteiger partial charge >= 0.3 is 0 Å². The summed E-state index contributed by atoms with van der Waals surface area (Å²) in [6, 6.07) is 16.7. The van der Waals surface area contributed by atoms with Crippen LogP contribution in [0, 0.1) is 6.92 Å². The molecule has 2 heteroatoms. The molecule has 18 heavy (non-hydrogen) atoms. The first-order valence-electron chi connectivity index (χ1n) is 6.17. The van der Waals surface area contributed by atoms with Crippen molar-refractivity contribution in [3.05, 3.63) is 59.7 Å². The normalized spacial score (nSPS) is 11.9. The van der Waals surface area contributed by atoms with Gasteiger partial charge in [-0.3, -0.25) is 0 Å². The van der Waals surface area contributed by atoms with Gasteiger partial charge in [0.15, 0.2) is 0 Å². The maximum atomic E-state index is 5.15. The van der Waals surface area contributed by atoms with Crippen molar-refractivity contribution in [1.82, 2.24) is 0 Å². The minimum atomic E-state index is 0.291. The molecular formula is C16H19NO. The lowest BCUT2D eigenvalue weighted by Gasteiger charge is -2.18. The number of nitrogens with one attached hydrogen (secondary N) is 1. The largest absolute Gasteiger partial charge is 0.497 e. The maximum Gasteiger partial charge on any atom is 0.119 e. The lowest BCUT2D eigenvalue weighted by Crippen LogP contribution is -2.07. The number of hydrogen-bond acceptors (Lipinski definition) is 2. The van der Waals surface area contributed by atoms with Crippen molar-refractivity contribution in [3.8, 4) is 5.75 Å². The summed E-state index contributed by atoms with van der Waals surface area (Å²) in [6.45, 7) is 4.31. The van der Waals surface area contributed by atoms with E-state index in [9.17, 15) is 0 Å². The van der Waals surface area contributed by atoms with Crippen molar-refractivity contribution in [3.63, 3.8) is 0 Å². The molecule has 2 aromatic carbocycles. The van der Waals surface area contributed by atoms with Crippen molar-refractivity contribution >= 4 is 5.69 Å². The molecule has 0 aromatic heterocycles. The van der Waals surface area contributed by atoms with Crippen molar-refractivity contribution in [2.75, 3.05) is 12.4 Å². The molecule has 0 saturated heterocycles. The van der Waals surface area contributed by atoms with E-state index in [1.807, 2.05) is 24.3 Å². The number of rotatable bonds is 4. The summed E-state index contributed by atoms with van der Waals surface area (Å²) >= 11 is 0. The predicted octanol–water partition coefficient (Wildman–Crippen LogP) is 4.18. The number of methoxy groups -OCH3 is 1. The molecule has 0 aliphatic rings. The Kier molecular flexibility index (Phi) is 3.88. The first kappa shape index (κ1) is 12.5. The lowest BCUT2D eigenvalue weighted by atomic mass is 10.0. The van der Waals surface area contributed by atoms with Crippen LogP contribution in [0.5, 0.6) is 5.75 Å². The average Bonchev–Trinajstić information content (AvgIpc) is 2.40. The molecule has 0 amide bonds. The first-order chi connectivity index (χ1) is 8.70. The number of ether oxygens (including phenoxy) is 1. The summed E-state index contributed by atoms with van der Waals surface area (Å²) in [5.74, 6) is 0.879. The molecule has 0 heterocycles. The van der Waals surface area contributed by atoms with E-state index in [0.717, 1.165) is 11.4 Å². The molecule has 0 fully saturated rings. The molecule has 1 atom stereocenters. The molecule has 0 spiro atoms. The van der Waals surface area contributed by atoms with Gasteiger partial charge in [-0.05, 0) is 49.2 Å². The fraction of sp³-hybridized carbons (Fsp3) is 0.250. The summed E-state index contributed by atoms with van der Waals surface area (Å²) in [5, 5.41) is 3.49. The van der Waals surface area contributed by atoms with Crippen LogP contribution < -0.4 is 10.1 Å². The minimum absolute atomic E-state index is 0.291. The Labute approximate surface area is 109 Å². The summed E-state index contributed by atoms with van der Waals surface area (Å²) in [5.41, 5.74) is 3.74. The van der Waals surface area contributed by atoms with Crippen molar-refractivity contribution in [1.29, 1.82) is 0 Å². The van der Waals surface area contributed by atoms with Crippen molar-refractivity contribution < 1.29 is 4.74 Å². The fourth-order valence-electron chi connectivity index (χ4n) is 2.09. The zero-order valence-corrected chi connectivity index (χ0v) is 11.1. The van der Waals surface area contributed by atoms with Gasteiger partial charge in [0.25, 0.3) is 0 Å². The second-order valence-corrected chi connectivity index (χ2v) is 4.45. The molecule has 2 rings (SSSR count). The van der Waals surface area contributed by atoms with Gasteiger partial charge in [0.05, 0.1) is 7.11 Å². The van der Waals surface area contributed by atoms with Gasteiger partial charge in [0.2, 0.25) is 0 Å². The van der Waals surface area contributed by atoms with E-state index < -0.39 is 0 Å². The Morgan fingerprint density at radius 2 is 1.67 bits per heavy atom. The third-order valence-corrected chi connectivity index (χ3v) is 3.13. The van der Waals surface area contributed by atoms with E-state index in [1.165, 1.54) is 11.1 Å². The van der Waals surface area contributed by atoms with Gasteiger partial charge in [-0.15, -0.1) is 0 Å². The van der Waals surface area contributed by atoms with Crippen LogP contribution in [0.25, 0.3) is 0 Å². The molecule has 0 aliphatic carbocycles. The molecule has 0 unspecified atom stereocenters. The Hall–Kier alpha value is -1.96. The molecule has 2 aromatic rings. The van der Waals surface area contributed by atoms with E-state index in [0.29, 0.717) is 6.04 Å². The fourth-order valence-corrected chi connectivity index (χ4v) is 2.09. The molecule has 0 bridgehead atoms. The second-order valence-electron chi connectivity index (χ2n) is 4.45. The number of hydrogen-bond donors (Lipinski definition) is 1. The van der Waals surface area contributed by atoms with Gasteiger partial charge in [-0.2, -0.15) is 0 Å². The summed E-state index contributed by atoms with van der Waals surface area (Å²) in [4.78, 5) is 0. The molecule has 94 valence electrons. The zero-order valence-electron chi connectivity index (χ0n) is 11.1. The van der Waals surface area contributed by atoms with Crippen LogP contribution in [0.2, 0.25) is 0 Å². The van der Waals surface area contributed by atoms with Crippen LogP contribution in [-0.2, 0) is 0 Å². The standard InChI is InChI=1S/C16H19NO/c1-12-6-4-5-7-16(12)13(2)17-14-8-10-15(18-3)11-9-14/h4-11,13,17H,1-3H3/t13-/m0/s1. The Morgan fingerprint density at radius 3 is 2.28 bits per heavy atom. The quantitative estimate of drug-likeness (QED) is 0.867. The highest BCUT2D eigenvalue weighted by atomic mass is 16.5. The van der Waals surface area contributed by atoms with Gasteiger partial charge in [0, 0.05) is 11.7 Å². The van der Waals surface area contributed by atoms with E-state index in [4.69, 9.17) is 4.74 Å². The first-order valence-corrected chi connectivity index (χ1v) is 6.17. The molecule has 0 radical (unpaired) electrons. The Balaban J connectivity index is 2.11. The highest BCUT2D eigenvalue weighted by Crippen LogP contribution is 2.23. The third-order valence-electron chi connectivity index (χ3n) is 3.13. The van der Waals surface area contributed by atoms with Crippen LogP contribution >= 0.6 is 0 Å². The topological polar surface area (TPSA) is 21.3 Å². The summed E-state index contributed by atoms with van der Waals surface area (Å²) in [6.07, 6.45) is 0. The number of aryl methyl sites for hydroxylation is 1. The zero-order chi connectivity index (χ0) is 13.0. The van der Waals surface area contributed by atoms with Gasteiger partial charge in [-0.25, -0.2) is 0 Å². The number of anilines is 1. The van der Waals surface area contributed by atoms with E-state index in [2.05, 4.69) is 43.4 Å². The number of benzene rings is 2. The second kappa shape index (κ2) is 5.58. The smallest absolute Gasteiger partial charge is 0.119 e. The van der Waals surface area contributed by atoms with Gasteiger partial charge < -0.3 is 10.1 Å². The molecule has 2 nitrogen and oxygen atoms in total. The lowest BCUT2D eigenvalue weighted by molar-refractivity contribution is 0.415. The predicted molar refractivity (Wildman–Crippen MR) is 76.2 cm³/mol. The van der Waals surface area contributed by atoms with Crippen LogP contribution in [0.15, 0.2) is 48.5 Å². The van der Waals surface area contributed by atoms with Crippen LogP contribution in [0.4, 0.5) is 5.69 Å². The van der Waals surface area contributed by atoms with Gasteiger partial charge in [-0.1, -0.05) is 24.3 Å². The highest BCUT2D eigenvalue weighted by Gasteiger charge is 2.07. The van der Waals surface area contributed by atoms with E-state index in [-0.39, 0.29) is 0 Å². The monoisotopic (exact) mass is 241 g/mol. The SMILES string of the molecule is COc1ccc(N[C@@H](C)c2ccccc2C)cc1. The van der Waals surface area contributed by atoms with E-state index >= 15 is 0 Å². The van der Waals surface area contributed by atoms with E-state index in [1.54, 1.807) is 7.11 Å². The molecule has 0 aliphatic heterocycles. The van der Waals surface area contributed by atoms with Crippen molar-refractivity contribution in [2.45, 2.75) is 19.9 Å². The Morgan fingerprint density at radius 1 is 1.00 bits per heavy atom. The maximum absolute atomic E-state index is 5.15.